The summed E-state index contributed by atoms with van der Waals surface area (Å²) in [7, 11) is 1.25. The number of unbranched alkanes of at least 4 members (excludes halogenated alkanes) is 32. The van der Waals surface area contributed by atoms with Gasteiger partial charge >= 0.3 is 0 Å². The van der Waals surface area contributed by atoms with Crippen LogP contribution in [0.1, 0.15) is 277 Å². The molecule has 0 aromatic carbocycles. The van der Waals surface area contributed by atoms with E-state index in [1.807, 2.05) is 27.2 Å². The highest BCUT2D eigenvalue weighted by molar-refractivity contribution is 7.45. The van der Waals surface area contributed by atoms with Crippen molar-refractivity contribution in [3.63, 3.8) is 0 Å². The normalized spacial score (nSPS) is 14.4. The van der Waals surface area contributed by atoms with Crippen molar-refractivity contribution < 1.29 is 32.9 Å². The first-order chi connectivity index (χ1) is 36.5. The molecular formula is C66H121N2O6P. The van der Waals surface area contributed by atoms with Gasteiger partial charge in [0.05, 0.1) is 39.9 Å². The van der Waals surface area contributed by atoms with Gasteiger partial charge in [-0.1, -0.05) is 279 Å². The lowest BCUT2D eigenvalue weighted by molar-refractivity contribution is -0.870. The third-order valence-corrected chi connectivity index (χ3v) is 14.8. The minimum atomic E-state index is -4.60. The van der Waals surface area contributed by atoms with Crippen LogP contribution in [-0.2, 0) is 18.4 Å². The fourth-order valence-corrected chi connectivity index (χ4v) is 9.69. The van der Waals surface area contributed by atoms with Crippen molar-refractivity contribution >= 4 is 13.7 Å². The highest BCUT2D eigenvalue weighted by Gasteiger charge is 2.23. The number of amides is 1. The van der Waals surface area contributed by atoms with Crippen LogP contribution in [0.5, 0.6) is 0 Å². The Bertz CT molecular complexity index is 1500. The number of carbonyl (C=O) groups is 1. The smallest absolute Gasteiger partial charge is 0.268 e. The highest BCUT2D eigenvalue weighted by atomic mass is 31.2. The molecule has 0 aliphatic heterocycles. The van der Waals surface area contributed by atoms with Gasteiger partial charge in [-0.15, -0.1) is 0 Å². The van der Waals surface area contributed by atoms with Crippen LogP contribution in [0.2, 0.25) is 0 Å². The highest BCUT2D eigenvalue weighted by Crippen LogP contribution is 2.38. The molecule has 0 saturated carbocycles. The van der Waals surface area contributed by atoms with Crippen molar-refractivity contribution in [1.82, 2.24) is 5.32 Å². The van der Waals surface area contributed by atoms with Gasteiger partial charge in [-0.05, 0) is 77.0 Å². The Hall–Kier alpha value is -2.32. The predicted octanol–water partition coefficient (Wildman–Crippen LogP) is 19.0. The fourth-order valence-electron chi connectivity index (χ4n) is 8.96. The quantitative estimate of drug-likeness (QED) is 0.0272. The van der Waals surface area contributed by atoms with Crippen molar-refractivity contribution in [1.29, 1.82) is 0 Å². The lowest BCUT2D eigenvalue weighted by Gasteiger charge is -2.29. The van der Waals surface area contributed by atoms with E-state index < -0.39 is 26.6 Å². The first kappa shape index (κ1) is 72.7. The zero-order valence-electron chi connectivity index (χ0n) is 49.7. The number of quaternary nitrogens is 1. The van der Waals surface area contributed by atoms with Gasteiger partial charge in [0.15, 0.2) is 0 Å². The molecule has 0 heterocycles. The molecule has 0 aromatic rings. The number of rotatable bonds is 57. The molecule has 436 valence electrons. The van der Waals surface area contributed by atoms with Gasteiger partial charge in [0, 0.05) is 6.42 Å². The van der Waals surface area contributed by atoms with Crippen molar-refractivity contribution in [3.8, 4) is 0 Å². The molecule has 0 spiro atoms. The summed E-state index contributed by atoms with van der Waals surface area (Å²) >= 11 is 0. The molecule has 75 heavy (non-hydrogen) atoms. The molecule has 0 bridgehead atoms. The van der Waals surface area contributed by atoms with Crippen LogP contribution < -0.4 is 10.2 Å². The summed E-state index contributed by atoms with van der Waals surface area (Å²) in [6.07, 6.45) is 80.0. The second-order valence-electron chi connectivity index (χ2n) is 22.4. The van der Waals surface area contributed by atoms with E-state index in [-0.39, 0.29) is 12.5 Å². The number of aliphatic hydroxyl groups is 1. The van der Waals surface area contributed by atoms with E-state index in [9.17, 15) is 19.4 Å². The zero-order chi connectivity index (χ0) is 54.9. The molecule has 3 atom stereocenters. The average Bonchev–Trinajstić information content (AvgIpc) is 3.37. The monoisotopic (exact) mass is 1070 g/mol. The van der Waals surface area contributed by atoms with Crippen molar-refractivity contribution in [2.24, 2.45) is 0 Å². The Labute approximate surface area is 465 Å². The van der Waals surface area contributed by atoms with E-state index >= 15 is 0 Å². The molecule has 1 amide bonds. The van der Waals surface area contributed by atoms with Crippen molar-refractivity contribution in [2.75, 3.05) is 40.9 Å². The number of nitrogens with one attached hydrogen (secondary N) is 1. The van der Waals surface area contributed by atoms with Gasteiger partial charge in [-0.2, -0.15) is 0 Å². The van der Waals surface area contributed by atoms with E-state index in [0.717, 1.165) is 70.6 Å². The second-order valence-corrected chi connectivity index (χ2v) is 23.8. The zero-order valence-corrected chi connectivity index (χ0v) is 50.6. The van der Waals surface area contributed by atoms with Crippen LogP contribution in [0.15, 0.2) is 85.1 Å². The molecule has 0 radical (unpaired) electrons. The maximum absolute atomic E-state index is 12.9. The number of hydrogen-bond donors (Lipinski definition) is 2. The Morgan fingerprint density at radius 2 is 0.827 bits per heavy atom. The summed E-state index contributed by atoms with van der Waals surface area (Å²) in [4.78, 5) is 25.4. The summed E-state index contributed by atoms with van der Waals surface area (Å²) < 4.78 is 23.3. The standard InChI is InChI=1S/C66H121N2O6P/c1-6-8-10-12-14-16-18-20-21-22-23-24-25-26-27-28-29-30-31-32-33-34-35-36-37-38-39-40-41-42-43-44-45-46-47-48-50-52-54-56-58-60-66(70)67-64(63-74-75(71,72)73-62-61-68(3,4)5)65(69)59-57-55-53-51-49-19-17-15-13-11-9-7-2/h8,10,14,16,20-21,23-24,26-27,49,51,57,59,64-65,69H,6-7,9,11-13,15,17-19,22,25,28-48,50,52-56,58,60-63H2,1-5H3,(H-,67,70,71,72)/b10-8-,16-14-,21-20-,24-23-,27-26-,51-49+,59-57+. The Balaban J connectivity index is 3.86. The average molecular weight is 1070 g/mol. The first-order valence-corrected chi connectivity index (χ1v) is 32.9. The number of hydrogen-bond acceptors (Lipinski definition) is 6. The summed E-state index contributed by atoms with van der Waals surface area (Å²) in [5.41, 5.74) is 0. The van der Waals surface area contributed by atoms with Crippen LogP contribution in [-0.4, -0.2) is 68.5 Å². The molecule has 0 aliphatic rings. The summed E-state index contributed by atoms with van der Waals surface area (Å²) in [5.74, 6) is -0.206. The molecule has 3 unspecified atom stereocenters. The van der Waals surface area contributed by atoms with Gasteiger partial charge in [0.2, 0.25) is 5.91 Å². The number of allylic oxidation sites excluding steroid dienone is 13. The predicted molar refractivity (Wildman–Crippen MR) is 325 cm³/mol. The number of likely N-dealkylation sites (N-methyl/N-ethyl adjacent to an activating group) is 1. The van der Waals surface area contributed by atoms with Gasteiger partial charge < -0.3 is 28.8 Å². The van der Waals surface area contributed by atoms with Gasteiger partial charge in [0.1, 0.15) is 13.2 Å². The third-order valence-electron chi connectivity index (χ3n) is 13.8. The van der Waals surface area contributed by atoms with Crippen molar-refractivity contribution in [2.45, 2.75) is 289 Å². The number of phosphoric acid groups is 1. The molecule has 0 fully saturated rings. The second kappa shape index (κ2) is 56.4. The number of carbonyl (C=O) groups excluding carboxylic acids is 1. The third kappa shape index (κ3) is 59.2. The molecule has 9 heteroatoms. The molecule has 0 saturated heterocycles. The lowest BCUT2D eigenvalue weighted by Crippen LogP contribution is -2.45. The van der Waals surface area contributed by atoms with E-state index in [4.69, 9.17) is 9.05 Å². The van der Waals surface area contributed by atoms with E-state index in [1.165, 1.54) is 186 Å². The van der Waals surface area contributed by atoms with Gasteiger partial charge in [-0.25, -0.2) is 0 Å². The molecule has 2 N–H and O–H groups in total. The lowest BCUT2D eigenvalue weighted by atomic mass is 10.0. The van der Waals surface area contributed by atoms with E-state index in [2.05, 4.69) is 92.1 Å². The first-order valence-electron chi connectivity index (χ1n) is 31.4. The maximum atomic E-state index is 12.9. The SMILES string of the molecule is CC/C=C\C/C=C\C/C=C\C/C=C\C/C=C\CCCCCCCCCCCCCCCCCCCCCCCCCCCC(=O)NC(COP(=O)([O-])OCC[N+](C)(C)C)C(O)/C=C/CC/C=C/CCCCCCCC. The van der Waals surface area contributed by atoms with Crippen LogP contribution in [0.3, 0.4) is 0 Å². The Morgan fingerprint density at radius 3 is 1.24 bits per heavy atom. The molecule has 0 rings (SSSR count). The minimum absolute atomic E-state index is 0.00688. The topological polar surface area (TPSA) is 108 Å². The van der Waals surface area contributed by atoms with Gasteiger partial charge in [0.25, 0.3) is 7.82 Å². The van der Waals surface area contributed by atoms with E-state index in [0.29, 0.717) is 17.4 Å². The summed E-state index contributed by atoms with van der Waals surface area (Å²) in [6, 6.07) is -0.903. The molecule has 0 aliphatic carbocycles. The molecule has 8 nitrogen and oxygen atoms in total. The van der Waals surface area contributed by atoms with Crippen molar-refractivity contribution in [3.05, 3.63) is 85.1 Å². The Kier molecular flexibility index (Phi) is 54.7. The minimum Gasteiger partial charge on any atom is -0.756 e. The maximum Gasteiger partial charge on any atom is 0.268 e. The number of aliphatic hydroxyl groups excluding tert-OH is 1. The van der Waals surface area contributed by atoms with Crippen LogP contribution in [0, 0.1) is 0 Å². The Morgan fingerprint density at radius 1 is 0.480 bits per heavy atom. The summed E-state index contributed by atoms with van der Waals surface area (Å²) in [5, 5.41) is 13.8. The molecular weight excluding hydrogens is 948 g/mol. The largest absolute Gasteiger partial charge is 0.756 e. The van der Waals surface area contributed by atoms with Crippen LogP contribution in [0.4, 0.5) is 0 Å². The van der Waals surface area contributed by atoms with Crippen LogP contribution >= 0.6 is 7.82 Å². The van der Waals surface area contributed by atoms with Gasteiger partial charge in [-0.3, -0.25) is 9.36 Å². The summed E-state index contributed by atoms with van der Waals surface area (Å²) in [6.45, 7) is 4.50. The number of nitrogens with zero attached hydrogens (tertiary/aromatic N) is 1. The molecule has 0 aromatic heterocycles. The van der Waals surface area contributed by atoms with Crippen LogP contribution in [0.25, 0.3) is 0 Å². The van der Waals surface area contributed by atoms with E-state index in [1.54, 1.807) is 6.08 Å². The fraction of sp³-hybridized carbons (Fsp3) is 0.773. The number of phosphoric ester groups is 1.